The summed E-state index contributed by atoms with van der Waals surface area (Å²) in [6, 6.07) is 3.66. The third kappa shape index (κ3) is 4.85. The van der Waals surface area contributed by atoms with Crippen LogP contribution in [0.1, 0.15) is 76.8 Å². The van der Waals surface area contributed by atoms with Gasteiger partial charge < -0.3 is 9.80 Å². The highest BCUT2D eigenvalue weighted by atomic mass is 15.3. The van der Waals surface area contributed by atoms with Gasteiger partial charge in [-0.05, 0) is 83.5 Å². The van der Waals surface area contributed by atoms with Crippen molar-refractivity contribution in [3.05, 3.63) is 11.8 Å². The van der Waals surface area contributed by atoms with E-state index in [4.69, 9.17) is 9.97 Å². The van der Waals surface area contributed by atoms with Crippen molar-refractivity contribution in [1.82, 2.24) is 19.8 Å². The van der Waals surface area contributed by atoms with E-state index in [1.807, 2.05) is 0 Å². The van der Waals surface area contributed by atoms with E-state index in [2.05, 4.69) is 39.5 Å². The summed E-state index contributed by atoms with van der Waals surface area (Å²) in [5, 5.41) is 0. The zero-order valence-corrected chi connectivity index (χ0v) is 19.8. The molecule has 0 saturated carbocycles. The fourth-order valence-electron chi connectivity index (χ4n) is 6.15. The predicted octanol–water partition coefficient (Wildman–Crippen LogP) is 3.73. The maximum absolute atomic E-state index is 5.19. The molecular formula is C25H42N6. The molecule has 0 aromatic carbocycles. The molecule has 31 heavy (non-hydrogen) atoms. The van der Waals surface area contributed by atoms with E-state index in [1.54, 1.807) is 0 Å². The van der Waals surface area contributed by atoms with Gasteiger partial charge in [0.05, 0.1) is 5.69 Å². The average Bonchev–Trinajstić information content (AvgIpc) is 3.53. The fourth-order valence-corrected chi connectivity index (χ4v) is 6.15. The van der Waals surface area contributed by atoms with Crippen LogP contribution in [0.2, 0.25) is 0 Å². The van der Waals surface area contributed by atoms with E-state index in [1.165, 1.54) is 89.1 Å². The Balaban J connectivity index is 1.35. The van der Waals surface area contributed by atoms with E-state index < -0.39 is 0 Å². The van der Waals surface area contributed by atoms with Gasteiger partial charge >= 0.3 is 0 Å². The summed E-state index contributed by atoms with van der Waals surface area (Å²) in [5.74, 6) is 2.58. The molecule has 172 valence electrons. The first-order valence-electron chi connectivity index (χ1n) is 13.0. The minimum Gasteiger partial charge on any atom is -0.355 e. The number of anilines is 2. The molecule has 0 amide bonds. The van der Waals surface area contributed by atoms with Gasteiger partial charge in [0.1, 0.15) is 5.82 Å². The fraction of sp³-hybridized carbons (Fsp3) is 0.840. The zero-order chi connectivity index (χ0) is 21.2. The number of likely N-dealkylation sites (tertiary alicyclic amines) is 2. The number of piperidine rings is 2. The number of nitrogens with zero attached hydrogens (tertiary/aromatic N) is 6. The van der Waals surface area contributed by atoms with Gasteiger partial charge in [0, 0.05) is 44.3 Å². The highest BCUT2D eigenvalue weighted by Crippen LogP contribution is 2.29. The molecule has 5 rings (SSSR count). The molecule has 4 aliphatic rings. The molecule has 6 nitrogen and oxygen atoms in total. The maximum Gasteiger partial charge on any atom is 0.227 e. The maximum atomic E-state index is 5.19. The second kappa shape index (κ2) is 9.62. The van der Waals surface area contributed by atoms with Gasteiger partial charge in [0.15, 0.2) is 0 Å². The summed E-state index contributed by atoms with van der Waals surface area (Å²) < 4.78 is 0. The molecule has 4 fully saturated rings. The van der Waals surface area contributed by atoms with Crippen LogP contribution in [-0.4, -0.2) is 84.2 Å². The molecule has 4 aliphatic heterocycles. The summed E-state index contributed by atoms with van der Waals surface area (Å²) in [6.07, 6.45) is 10.7. The number of hydrogen-bond acceptors (Lipinski definition) is 6. The molecule has 6 heteroatoms. The molecule has 1 aromatic rings. The Bertz CT molecular complexity index is 670. The normalized spacial score (nSPS) is 28.7. The topological polar surface area (TPSA) is 38.7 Å². The van der Waals surface area contributed by atoms with Crippen LogP contribution in [0.3, 0.4) is 0 Å². The van der Waals surface area contributed by atoms with Crippen molar-refractivity contribution in [1.29, 1.82) is 0 Å². The number of aromatic nitrogens is 2. The van der Waals surface area contributed by atoms with Gasteiger partial charge in [-0.25, -0.2) is 4.98 Å². The van der Waals surface area contributed by atoms with Gasteiger partial charge in [-0.15, -0.1) is 0 Å². The first-order valence-corrected chi connectivity index (χ1v) is 13.0. The SMILES string of the molecule is CC(C)c1cc(N2CCC[C@H](N3CCCC3)C2)nc(N2CCC[C@H](N3CCCC3)C2)n1. The standard InChI is InChI=1S/C25H42N6/c1-20(2)23-17-24(30-15-7-9-21(18-30)28-11-3-4-12-28)27-25(26-23)31-16-8-10-22(19-31)29-13-5-6-14-29/h17,20-22H,3-16,18-19H2,1-2H3/t21-,22-/m0/s1. The van der Waals surface area contributed by atoms with Crippen LogP contribution in [0.15, 0.2) is 6.07 Å². The van der Waals surface area contributed by atoms with E-state index in [-0.39, 0.29) is 0 Å². The summed E-state index contributed by atoms with van der Waals surface area (Å²) in [4.78, 5) is 20.7. The highest BCUT2D eigenvalue weighted by Gasteiger charge is 2.31. The lowest BCUT2D eigenvalue weighted by Gasteiger charge is -2.40. The van der Waals surface area contributed by atoms with E-state index in [9.17, 15) is 0 Å². The third-order valence-electron chi connectivity index (χ3n) is 8.03. The summed E-state index contributed by atoms with van der Waals surface area (Å²) >= 11 is 0. The van der Waals surface area contributed by atoms with Crippen LogP contribution in [0.4, 0.5) is 11.8 Å². The van der Waals surface area contributed by atoms with Crippen LogP contribution in [-0.2, 0) is 0 Å². The van der Waals surface area contributed by atoms with E-state index in [0.29, 0.717) is 18.0 Å². The van der Waals surface area contributed by atoms with Crippen molar-refractivity contribution in [2.24, 2.45) is 0 Å². The van der Waals surface area contributed by atoms with Crippen molar-refractivity contribution in [3.63, 3.8) is 0 Å². The molecule has 2 atom stereocenters. The van der Waals surface area contributed by atoms with Crippen LogP contribution >= 0.6 is 0 Å². The molecular weight excluding hydrogens is 384 g/mol. The lowest BCUT2D eigenvalue weighted by atomic mass is 10.0. The molecule has 0 unspecified atom stereocenters. The molecule has 0 spiro atoms. The summed E-state index contributed by atoms with van der Waals surface area (Å²) in [6.45, 7) is 14.1. The average molecular weight is 427 g/mol. The van der Waals surface area contributed by atoms with E-state index in [0.717, 1.165) is 32.1 Å². The molecule has 0 bridgehead atoms. The quantitative estimate of drug-likeness (QED) is 0.714. The molecule has 4 saturated heterocycles. The Labute approximate surface area is 189 Å². The predicted molar refractivity (Wildman–Crippen MR) is 128 cm³/mol. The van der Waals surface area contributed by atoms with Crippen LogP contribution in [0, 0.1) is 0 Å². The summed E-state index contributed by atoms with van der Waals surface area (Å²) in [7, 11) is 0. The first-order chi connectivity index (χ1) is 15.2. The smallest absolute Gasteiger partial charge is 0.227 e. The van der Waals surface area contributed by atoms with Gasteiger partial charge in [-0.3, -0.25) is 9.80 Å². The Morgan fingerprint density at radius 2 is 1.26 bits per heavy atom. The summed E-state index contributed by atoms with van der Waals surface area (Å²) in [5.41, 5.74) is 1.20. The first kappa shape index (κ1) is 21.4. The van der Waals surface area contributed by atoms with Crippen molar-refractivity contribution in [2.45, 2.75) is 83.2 Å². The lowest BCUT2D eigenvalue weighted by molar-refractivity contribution is 0.214. The number of rotatable bonds is 5. The molecule has 5 heterocycles. The molecule has 0 radical (unpaired) electrons. The Morgan fingerprint density at radius 1 is 0.710 bits per heavy atom. The highest BCUT2D eigenvalue weighted by molar-refractivity contribution is 5.47. The third-order valence-corrected chi connectivity index (χ3v) is 8.03. The van der Waals surface area contributed by atoms with Crippen molar-refractivity contribution < 1.29 is 0 Å². The minimum absolute atomic E-state index is 0.429. The van der Waals surface area contributed by atoms with Crippen molar-refractivity contribution in [3.8, 4) is 0 Å². The Kier molecular flexibility index (Phi) is 6.65. The largest absolute Gasteiger partial charge is 0.355 e. The van der Waals surface area contributed by atoms with Crippen LogP contribution < -0.4 is 9.80 Å². The Morgan fingerprint density at radius 3 is 1.84 bits per heavy atom. The minimum atomic E-state index is 0.429. The second-order valence-electron chi connectivity index (χ2n) is 10.6. The zero-order valence-electron chi connectivity index (χ0n) is 19.8. The molecule has 0 aliphatic carbocycles. The van der Waals surface area contributed by atoms with Gasteiger partial charge in [0.25, 0.3) is 0 Å². The van der Waals surface area contributed by atoms with Gasteiger partial charge in [-0.2, -0.15) is 4.98 Å². The van der Waals surface area contributed by atoms with Crippen molar-refractivity contribution >= 4 is 11.8 Å². The second-order valence-corrected chi connectivity index (χ2v) is 10.6. The van der Waals surface area contributed by atoms with Gasteiger partial charge in [-0.1, -0.05) is 13.8 Å². The lowest BCUT2D eigenvalue weighted by Crippen LogP contribution is -2.48. The van der Waals surface area contributed by atoms with Gasteiger partial charge in [0.2, 0.25) is 5.95 Å². The van der Waals surface area contributed by atoms with E-state index >= 15 is 0 Å². The monoisotopic (exact) mass is 426 g/mol. The number of hydrogen-bond donors (Lipinski definition) is 0. The van der Waals surface area contributed by atoms with Crippen LogP contribution in [0.5, 0.6) is 0 Å². The van der Waals surface area contributed by atoms with Crippen LogP contribution in [0.25, 0.3) is 0 Å². The Hall–Kier alpha value is -1.40. The van der Waals surface area contributed by atoms with Crippen molar-refractivity contribution in [2.75, 3.05) is 62.2 Å². The molecule has 1 aromatic heterocycles. The molecule has 0 N–H and O–H groups in total.